The summed E-state index contributed by atoms with van der Waals surface area (Å²) in [6.45, 7) is 8.22. The summed E-state index contributed by atoms with van der Waals surface area (Å²) in [4.78, 5) is 10.9. The first-order chi connectivity index (χ1) is 7.40. The Labute approximate surface area is 103 Å². The SMILES string of the molecule is CCc1cc(N(C)C(C)(C)CCl)nc(C)n1. The van der Waals surface area contributed by atoms with Gasteiger partial charge in [0.05, 0.1) is 0 Å². The van der Waals surface area contributed by atoms with Crippen LogP contribution in [0.5, 0.6) is 0 Å². The van der Waals surface area contributed by atoms with Gasteiger partial charge in [0, 0.05) is 30.2 Å². The summed E-state index contributed by atoms with van der Waals surface area (Å²) in [6, 6.07) is 2.03. The molecule has 1 rings (SSSR count). The van der Waals surface area contributed by atoms with Gasteiger partial charge in [-0.3, -0.25) is 0 Å². The van der Waals surface area contributed by atoms with Crippen molar-refractivity contribution in [3.8, 4) is 0 Å². The van der Waals surface area contributed by atoms with E-state index in [0.29, 0.717) is 5.88 Å². The molecule has 16 heavy (non-hydrogen) atoms. The molecule has 0 fully saturated rings. The van der Waals surface area contributed by atoms with Crippen molar-refractivity contribution >= 4 is 17.4 Å². The highest BCUT2D eigenvalue weighted by Crippen LogP contribution is 2.22. The molecule has 4 heteroatoms. The minimum Gasteiger partial charge on any atom is -0.353 e. The third kappa shape index (κ3) is 2.85. The van der Waals surface area contributed by atoms with Gasteiger partial charge in [0.1, 0.15) is 11.6 Å². The summed E-state index contributed by atoms with van der Waals surface area (Å²) in [6.07, 6.45) is 0.922. The van der Waals surface area contributed by atoms with E-state index in [0.717, 1.165) is 23.8 Å². The molecule has 1 heterocycles. The third-order valence-electron chi connectivity index (χ3n) is 2.82. The highest BCUT2D eigenvalue weighted by molar-refractivity contribution is 6.18. The van der Waals surface area contributed by atoms with Crippen LogP contribution in [-0.2, 0) is 6.42 Å². The van der Waals surface area contributed by atoms with Crippen LogP contribution in [0.1, 0.15) is 32.3 Å². The van der Waals surface area contributed by atoms with Crippen molar-refractivity contribution in [2.45, 2.75) is 39.7 Å². The minimum absolute atomic E-state index is 0.104. The number of rotatable bonds is 4. The second-order valence-electron chi connectivity index (χ2n) is 4.62. The molecule has 0 unspecified atom stereocenters. The molecular formula is C12H20ClN3. The Hall–Kier alpha value is -0.830. The summed E-state index contributed by atoms with van der Waals surface area (Å²) in [5.74, 6) is 2.31. The van der Waals surface area contributed by atoms with Crippen LogP contribution >= 0.6 is 11.6 Å². The van der Waals surface area contributed by atoms with Crippen molar-refractivity contribution in [2.75, 3.05) is 17.8 Å². The van der Waals surface area contributed by atoms with E-state index in [2.05, 4.69) is 35.6 Å². The fourth-order valence-electron chi connectivity index (χ4n) is 1.36. The molecule has 3 nitrogen and oxygen atoms in total. The lowest BCUT2D eigenvalue weighted by molar-refractivity contribution is 0.539. The van der Waals surface area contributed by atoms with E-state index < -0.39 is 0 Å². The lowest BCUT2D eigenvalue weighted by atomic mass is 10.1. The number of aryl methyl sites for hydroxylation is 2. The van der Waals surface area contributed by atoms with Crippen molar-refractivity contribution < 1.29 is 0 Å². The molecule has 0 spiro atoms. The Morgan fingerprint density at radius 3 is 2.50 bits per heavy atom. The second-order valence-corrected chi connectivity index (χ2v) is 4.89. The van der Waals surface area contributed by atoms with Gasteiger partial charge in [0.2, 0.25) is 0 Å². The quantitative estimate of drug-likeness (QED) is 0.760. The van der Waals surface area contributed by atoms with Crippen LogP contribution in [-0.4, -0.2) is 28.4 Å². The number of aromatic nitrogens is 2. The Morgan fingerprint density at radius 1 is 1.38 bits per heavy atom. The van der Waals surface area contributed by atoms with Gasteiger partial charge in [0.25, 0.3) is 0 Å². The van der Waals surface area contributed by atoms with Crippen molar-refractivity contribution in [1.82, 2.24) is 9.97 Å². The average molecular weight is 242 g/mol. The van der Waals surface area contributed by atoms with Gasteiger partial charge in [-0.15, -0.1) is 11.6 Å². The Balaban J connectivity index is 3.08. The number of anilines is 1. The maximum atomic E-state index is 5.97. The van der Waals surface area contributed by atoms with Crippen molar-refractivity contribution in [3.63, 3.8) is 0 Å². The smallest absolute Gasteiger partial charge is 0.132 e. The second kappa shape index (κ2) is 5.00. The van der Waals surface area contributed by atoms with Gasteiger partial charge < -0.3 is 4.90 Å². The fraction of sp³-hybridized carbons (Fsp3) is 0.667. The molecule has 0 aromatic carbocycles. The number of nitrogens with zero attached hydrogens (tertiary/aromatic N) is 3. The van der Waals surface area contributed by atoms with Gasteiger partial charge in [-0.2, -0.15) is 0 Å². The van der Waals surface area contributed by atoms with E-state index in [9.17, 15) is 0 Å². The zero-order valence-electron chi connectivity index (χ0n) is 10.7. The van der Waals surface area contributed by atoms with E-state index in [4.69, 9.17) is 11.6 Å². The molecule has 1 aromatic rings. The monoisotopic (exact) mass is 241 g/mol. The topological polar surface area (TPSA) is 29.0 Å². The van der Waals surface area contributed by atoms with Crippen molar-refractivity contribution in [3.05, 3.63) is 17.6 Å². The Bertz CT molecular complexity index is 363. The van der Waals surface area contributed by atoms with E-state index in [1.807, 2.05) is 20.0 Å². The molecule has 0 saturated heterocycles. The van der Waals surface area contributed by atoms with Gasteiger partial charge >= 0.3 is 0 Å². The lowest BCUT2D eigenvalue weighted by Gasteiger charge is -2.35. The molecule has 0 aliphatic heterocycles. The van der Waals surface area contributed by atoms with Crippen LogP contribution in [0, 0.1) is 6.92 Å². The van der Waals surface area contributed by atoms with Gasteiger partial charge in [-0.25, -0.2) is 9.97 Å². The summed E-state index contributed by atoms with van der Waals surface area (Å²) < 4.78 is 0. The Kier molecular flexibility index (Phi) is 4.14. The van der Waals surface area contributed by atoms with E-state index in [-0.39, 0.29) is 5.54 Å². The first-order valence-corrected chi connectivity index (χ1v) is 6.08. The van der Waals surface area contributed by atoms with Crippen molar-refractivity contribution in [2.24, 2.45) is 0 Å². The van der Waals surface area contributed by atoms with E-state index in [1.165, 1.54) is 0 Å². The number of alkyl halides is 1. The third-order valence-corrected chi connectivity index (χ3v) is 3.47. The molecule has 0 aliphatic carbocycles. The van der Waals surface area contributed by atoms with Crippen molar-refractivity contribution in [1.29, 1.82) is 0 Å². The molecule has 1 aromatic heterocycles. The lowest BCUT2D eigenvalue weighted by Crippen LogP contribution is -2.43. The summed E-state index contributed by atoms with van der Waals surface area (Å²) in [5.41, 5.74) is 0.965. The molecular weight excluding hydrogens is 222 g/mol. The summed E-state index contributed by atoms with van der Waals surface area (Å²) >= 11 is 5.97. The maximum Gasteiger partial charge on any atom is 0.132 e. The van der Waals surface area contributed by atoms with Crippen LogP contribution in [0.2, 0.25) is 0 Å². The van der Waals surface area contributed by atoms with Crippen LogP contribution in [0.25, 0.3) is 0 Å². The molecule has 0 aliphatic rings. The zero-order chi connectivity index (χ0) is 12.3. The van der Waals surface area contributed by atoms with Crippen LogP contribution < -0.4 is 4.90 Å². The standard InChI is InChI=1S/C12H20ClN3/c1-6-10-7-11(15-9(2)14-10)16(5)12(3,4)8-13/h7H,6,8H2,1-5H3. The molecule has 90 valence electrons. The van der Waals surface area contributed by atoms with Crippen LogP contribution in [0.4, 0.5) is 5.82 Å². The maximum absolute atomic E-state index is 5.97. The molecule has 0 amide bonds. The van der Waals surface area contributed by atoms with Crippen LogP contribution in [0.3, 0.4) is 0 Å². The molecule has 0 N–H and O–H groups in total. The average Bonchev–Trinajstić information content (AvgIpc) is 2.27. The van der Waals surface area contributed by atoms with Gasteiger partial charge in [-0.1, -0.05) is 6.92 Å². The number of halogens is 1. The number of hydrogen-bond donors (Lipinski definition) is 0. The Morgan fingerprint density at radius 2 is 2.00 bits per heavy atom. The summed E-state index contributed by atoms with van der Waals surface area (Å²) in [5, 5.41) is 0. The number of hydrogen-bond acceptors (Lipinski definition) is 3. The molecule has 0 radical (unpaired) electrons. The minimum atomic E-state index is -0.104. The molecule has 0 saturated carbocycles. The molecule has 0 atom stereocenters. The highest BCUT2D eigenvalue weighted by Gasteiger charge is 2.24. The molecule has 0 bridgehead atoms. The van der Waals surface area contributed by atoms with E-state index >= 15 is 0 Å². The largest absolute Gasteiger partial charge is 0.353 e. The van der Waals surface area contributed by atoms with Gasteiger partial charge in [-0.05, 0) is 27.2 Å². The highest BCUT2D eigenvalue weighted by atomic mass is 35.5. The zero-order valence-corrected chi connectivity index (χ0v) is 11.5. The normalized spacial score (nSPS) is 11.6. The first kappa shape index (κ1) is 13.2. The summed E-state index contributed by atoms with van der Waals surface area (Å²) in [7, 11) is 2.02. The van der Waals surface area contributed by atoms with Crippen LogP contribution in [0.15, 0.2) is 6.07 Å². The predicted octanol–water partition coefficient (Wildman–Crippen LogP) is 2.80. The fourth-order valence-corrected chi connectivity index (χ4v) is 1.54. The first-order valence-electron chi connectivity index (χ1n) is 5.55. The predicted molar refractivity (Wildman–Crippen MR) is 69.3 cm³/mol. The van der Waals surface area contributed by atoms with E-state index in [1.54, 1.807) is 0 Å². The van der Waals surface area contributed by atoms with Gasteiger partial charge in [0.15, 0.2) is 0 Å².